The summed E-state index contributed by atoms with van der Waals surface area (Å²) in [4.78, 5) is 0. The van der Waals surface area contributed by atoms with Gasteiger partial charge in [0.05, 0.1) is 17.0 Å². The van der Waals surface area contributed by atoms with Gasteiger partial charge in [-0.05, 0) is 19.1 Å². The van der Waals surface area contributed by atoms with E-state index in [1.54, 1.807) is 6.92 Å². The minimum atomic E-state index is -0.576. The summed E-state index contributed by atoms with van der Waals surface area (Å²) in [6.45, 7) is 1.56. The SMILES string of the molecule is CC(C#N)c1cc(F)cc(Cl)c1O. The Labute approximate surface area is 80.2 Å². The zero-order valence-corrected chi connectivity index (χ0v) is 7.64. The van der Waals surface area contributed by atoms with Crippen LogP contribution in [-0.2, 0) is 0 Å². The number of benzene rings is 1. The fourth-order valence-electron chi connectivity index (χ4n) is 0.986. The summed E-state index contributed by atoms with van der Waals surface area (Å²) in [6.07, 6.45) is 0. The molecule has 13 heavy (non-hydrogen) atoms. The maximum absolute atomic E-state index is 12.8. The molecule has 0 amide bonds. The van der Waals surface area contributed by atoms with Crippen LogP contribution in [0.2, 0.25) is 5.02 Å². The summed E-state index contributed by atoms with van der Waals surface area (Å²) in [6, 6.07) is 4.00. The number of nitriles is 1. The van der Waals surface area contributed by atoms with Crippen molar-refractivity contribution in [3.8, 4) is 11.8 Å². The molecule has 0 aliphatic carbocycles. The van der Waals surface area contributed by atoms with Gasteiger partial charge in [-0.25, -0.2) is 4.39 Å². The van der Waals surface area contributed by atoms with Gasteiger partial charge in [-0.15, -0.1) is 0 Å². The Bertz CT molecular complexity index is 373. The minimum Gasteiger partial charge on any atom is -0.506 e. The van der Waals surface area contributed by atoms with Crippen molar-refractivity contribution in [3.63, 3.8) is 0 Å². The van der Waals surface area contributed by atoms with E-state index in [1.807, 2.05) is 6.07 Å². The van der Waals surface area contributed by atoms with E-state index in [4.69, 9.17) is 16.9 Å². The van der Waals surface area contributed by atoms with Gasteiger partial charge in [-0.2, -0.15) is 5.26 Å². The molecule has 0 bridgehead atoms. The molecule has 0 saturated carbocycles. The van der Waals surface area contributed by atoms with Gasteiger partial charge in [0.15, 0.2) is 0 Å². The summed E-state index contributed by atoms with van der Waals surface area (Å²) in [5.41, 5.74) is 0.215. The average Bonchev–Trinajstić information content (AvgIpc) is 2.10. The number of hydrogen-bond acceptors (Lipinski definition) is 2. The highest BCUT2D eigenvalue weighted by Gasteiger charge is 2.13. The molecule has 1 atom stereocenters. The van der Waals surface area contributed by atoms with Crippen molar-refractivity contribution >= 4 is 11.6 Å². The van der Waals surface area contributed by atoms with E-state index in [9.17, 15) is 9.50 Å². The van der Waals surface area contributed by atoms with Crippen molar-refractivity contribution in [1.82, 2.24) is 0 Å². The first-order valence-electron chi connectivity index (χ1n) is 3.63. The second-order valence-electron chi connectivity index (χ2n) is 2.68. The number of nitrogens with zero attached hydrogens (tertiary/aromatic N) is 1. The summed E-state index contributed by atoms with van der Waals surface area (Å²) < 4.78 is 12.8. The van der Waals surface area contributed by atoms with E-state index in [-0.39, 0.29) is 16.3 Å². The molecule has 1 aromatic rings. The quantitative estimate of drug-likeness (QED) is 0.756. The van der Waals surface area contributed by atoms with Crippen LogP contribution in [0.15, 0.2) is 12.1 Å². The number of halogens is 2. The third kappa shape index (κ3) is 1.90. The normalized spacial score (nSPS) is 12.2. The summed E-state index contributed by atoms with van der Waals surface area (Å²) in [7, 11) is 0. The van der Waals surface area contributed by atoms with E-state index < -0.39 is 11.7 Å². The first-order valence-corrected chi connectivity index (χ1v) is 4.01. The van der Waals surface area contributed by atoms with Crippen LogP contribution < -0.4 is 0 Å². The van der Waals surface area contributed by atoms with E-state index >= 15 is 0 Å². The number of phenolic OH excluding ortho intramolecular Hbond substituents is 1. The molecule has 68 valence electrons. The van der Waals surface area contributed by atoms with Gasteiger partial charge in [0.2, 0.25) is 0 Å². The molecule has 1 rings (SSSR count). The van der Waals surface area contributed by atoms with E-state index in [1.165, 1.54) is 0 Å². The van der Waals surface area contributed by atoms with Gasteiger partial charge in [-0.1, -0.05) is 11.6 Å². The van der Waals surface area contributed by atoms with Crippen LogP contribution in [0.4, 0.5) is 4.39 Å². The van der Waals surface area contributed by atoms with Crippen molar-refractivity contribution in [2.45, 2.75) is 12.8 Å². The molecule has 0 spiro atoms. The molecule has 0 aromatic heterocycles. The molecule has 1 unspecified atom stereocenters. The minimum absolute atomic E-state index is 0.0721. The van der Waals surface area contributed by atoms with Crippen LogP contribution in [0.25, 0.3) is 0 Å². The fraction of sp³-hybridized carbons (Fsp3) is 0.222. The molecule has 0 radical (unpaired) electrons. The second kappa shape index (κ2) is 3.63. The standard InChI is InChI=1S/C9H7ClFNO/c1-5(4-12)7-2-6(11)3-8(10)9(7)13/h2-3,5,13H,1H3. The monoisotopic (exact) mass is 199 g/mol. The van der Waals surface area contributed by atoms with Crippen molar-refractivity contribution in [2.75, 3.05) is 0 Å². The molecule has 1 N–H and O–H groups in total. The largest absolute Gasteiger partial charge is 0.506 e. The van der Waals surface area contributed by atoms with Crippen LogP contribution in [0.5, 0.6) is 5.75 Å². The highest BCUT2D eigenvalue weighted by molar-refractivity contribution is 6.32. The van der Waals surface area contributed by atoms with Gasteiger partial charge in [0, 0.05) is 5.56 Å². The zero-order valence-electron chi connectivity index (χ0n) is 6.88. The second-order valence-corrected chi connectivity index (χ2v) is 3.08. The molecule has 4 heteroatoms. The Morgan fingerprint density at radius 1 is 1.62 bits per heavy atom. The van der Waals surface area contributed by atoms with Crippen LogP contribution in [-0.4, -0.2) is 5.11 Å². The van der Waals surface area contributed by atoms with Crippen LogP contribution >= 0.6 is 11.6 Å². The Kier molecular flexibility index (Phi) is 2.74. The molecule has 1 aromatic carbocycles. The lowest BCUT2D eigenvalue weighted by atomic mass is 10.0. The first kappa shape index (κ1) is 9.82. The first-order chi connectivity index (χ1) is 6.06. The smallest absolute Gasteiger partial charge is 0.138 e. The van der Waals surface area contributed by atoms with E-state index in [0.717, 1.165) is 12.1 Å². The van der Waals surface area contributed by atoms with Crippen LogP contribution in [0, 0.1) is 17.1 Å². The number of phenols is 1. The lowest BCUT2D eigenvalue weighted by molar-refractivity contribution is 0.464. The van der Waals surface area contributed by atoms with Crippen molar-refractivity contribution in [2.24, 2.45) is 0 Å². The molecule has 0 heterocycles. The Morgan fingerprint density at radius 3 is 2.77 bits per heavy atom. The van der Waals surface area contributed by atoms with Gasteiger partial charge in [0.25, 0.3) is 0 Å². The molecule has 2 nitrogen and oxygen atoms in total. The van der Waals surface area contributed by atoms with E-state index in [0.29, 0.717) is 0 Å². The maximum atomic E-state index is 12.8. The van der Waals surface area contributed by atoms with Gasteiger partial charge < -0.3 is 5.11 Å². The average molecular weight is 200 g/mol. The number of rotatable bonds is 1. The van der Waals surface area contributed by atoms with Crippen molar-refractivity contribution < 1.29 is 9.50 Å². The van der Waals surface area contributed by atoms with Gasteiger partial charge in [0.1, 0.15) is 11.6 Å². The Morgan fingerprint density at radius 2 is 2.23 bits per heavy atom. The summed E-state index contributed by atoms with van der Waals surface area (Å²) in [5, 5.41) is 17.9. The van der Waals surface area contributed by atoms with Crippen LogP contribution in [0.1, 0.15) is 18.4 Å². The summed E-state index contributed by atoms with van der Waals surface area (Å²) in [5.74, 6) is -1.36. The molecule has 0 saturated heterocycles. The molecular weight excluding hydrogens is 193 g/mol. The Balaban J connectivity index is 3.30. The predicted octanol–water partition coefficient (Wildman–Crippen LogP) is 2.81. The molecule has 0 aliphatic rings. The Hall–Kier alpha value is -1.27. The zero-order chi connectivity index (χ0) is 10.0. The van der Waals surface area contributed by atoms with Crippen LogP contribution in [0.3, 0.4) is 0 Å². The number of aromatic hydroxyl groups is 1. The predicted molar refractivity (Wildman–Crippen MR) is 47.1 cm³/mol. The third-order valence-corrected chi connectivity index (χ3v) is 2.01. The lowest BCUT2D eigenvalue weighted by Gasteiger charge is -2.07. The maximum Gasteiger partial charge on any atom is 0.138 e. The number of hydrogen-bond donors (Lipinski definition) is 1. The third-order valence-electron chi connectivity index (χ3n) is 1.72. The lowest BCUT2D eigenvalue weighted by Crippen LogP contribution is -1.92. The summed E-state index contributed by atoms with van der Waals surface area (Å²) >= 11 is 5.52. The fourth-order valence-corrected chi connectivity index (χ4v) is 1.20. The van der Waals surface area contributed by atoms with Gasteiger partial charge in [-0.3, -0.25) is 0 Å². The van der Waals surface area contributed by atoms with Crippen molar-refractivity contribution in [3.05, 3.63) is 28.5 Å². The van der Waals surface area contributed by atoms with Gasteiger partial charge >= 0.3 is 0 Å². The van der Waals surface area contributed by atoms with E-state index in [2.05, 4.69) is 0 Å². The highest BCUT2D eigenvalue weighted by Crippen LogP contribution is 2.33. The van der Waals surface area contributed by atoms with Crippen molar-refractivity contribution in [1.29, 1.82) is 5.26 Å². The molecule has 0 fully saturated rings. The molecule has 0 aliphatic heterocycles. The highest BCUT2D eigenvalue weighted by atomic mass is 35.5. The topological polar surface area (TPSA) is 44.0 Å². The molecular formula is C9H7ClFNO.